The number of carbonyl (C=O) groups excluding carboxylic acids is 1. The second-order valence-electron chi connectivity index (χ2n) is 2.92. The summed E-state index contributed by atoms with van der Waals surface area (Å²) in [6.07, 6.45) is 5.02. The molecule has 4 nitrogen and oxygen atoms in total. The van der Waals surface area contributed by atoms with Crippen LogP contribution in [0, 0.1) is 0 Å². The normalized spacial score (nSPS) is 9.81. The van der Waals surface area contributed by atoms with Gasteiger partial charge in [0.2, 0.25) is 5.88 Å². The molecule has 0 spiro atoms. The third kappa shape index (κ3) is 2.17. The van der Waals surface area contributed by atoms with E-state index in [1.807, 2.05) is 0 Å². The molecule has 16 heavy (non-hydrogen) atoms. The van der Waals surface area contributed by atoms with Gasteiger partial charge in [-0.05, 0) is 6.07 Å². The number of ether oxygens (including phenoxy) is 1. The summed E-state index contributed by atoms with van der Waals surface area (Å²) in [6, 6.07) is 5.22. The first-order valence-corrected chi connectivity index (χ1v) is 4.86. The maximum Gasteiger partial charge on any atom is 0.219 e. The van der Waals surface area contributed by atoms with Crippen LogP contribution < -0.4 is 4.74 Å². The monoisotopic (exact) mass is 234 g/mol. The predicted octanol–water partition coefficient (Wildman–Crippen LogP) is 2.73. The second-order valence-corrected chi connectivity index (χ2v) is 3.33. The van der Waals surface area contributed by atoms with Gasteiger partial charge in [0.25, 0.3) is 0 Å². The van der Waals surface area contributed by atoms with Crippen molar-refractivity contribution in [3.8, 4) is 11.6 Å². The minimum atomic E-state index is 0.253. The van der Waals surface area contributed by atoms with Crippen molar-refractivity contribution in [2.45, 2.75) is 0 Å². The summed E-state index contributed by atoms with van der Waals surface area (Å²) < 4.78 is 5.39. The van der Waals surface area contributed by atoms with E-state index in [0.717, 1.165) is 0 Å². The number of rotatable bonds is 3. The van der Waals surface area contributed by atoms with Crippen LogP contribution in [0.1, 0.15) is 10.4 Å². The molecule has 80 valence electrons. The summed E-state index contributed by atoms with van der Waals surface area (Å²) in [7, 11) is 0. The fraction of sp³-hybridized carbons (Fsp3) is 0. The molecule has 0 saturated carbocycles. The first-order chi connectivity index (χ1) is 7.81. The highest BCUT2D eigenvalue weighted by Gasteiger charge is 2.09. The third-order valence-corrected chi connectivity index (χ3v) is 2.17. The lowest BCUT2D eigenvalue weighted by atomic mass is 10.3. The van der Waals surface area contributed by atoms with Crippen molar-refractivity contribution in [3.05, 3.63) is 47.4 Å². The lowest BCUT2D eigenvalue weighted by Crippen LogP contribution is -1.94. The summed E-state index contributed by atoms with van der Waals surface area (Å²) in [4.78, 5) is 18.6. The van der Waals surface area contributed by atoms with Gasteiger partial charge in [0.1, 0.15) is 0 Å². The molecule has 2 rings (SSSR count). The standard InChI is InChI=1S/C11H7ClN2O2/c12-9-5-13-6-10(8(9)7-15)16-11-3-1-2-4-14-11/h1-7H. The average molecular weight is 235 g/mol. The van der Waals surface area contributed by atoms with Crippen LogP contribution in [0.4, 0.5) is 0 Å². The number of aldehydes is 1. The topological polar surface area (TPSA) is 52.1 Å². The van der Waals surface area contributed by atoms with E-state index in [0.29, 0.717) is 17.9 Å². The van der Waals surface area contributed by atoms with E-state index in [2.05, 4.69) is 9.97 Å². The van der Waals surface area contributed by atoms with Crippen molar-refractivity contribution in [2.75, 3.05) is 0 Å². The Hall–Kier alpha value is -1.94. The zero-order valence-electron chi connectivity index (χ0n) is 8.13. The average Bonchev–Trinajstić information content (AvgIpc) is 2.31. The van der Waals surface area contributed by atoms with Crippen molar-refractivity contribution in [1.29, 1.82) is 0 Å². The molecule has 0 amide bonds. The van der Waals surface area contributed by atoms with Crippen LogP contribution in [0.2, 0.25) is 5.02 Å². The Balaban J connectivity index is 2.35. The van der Waals surface area contributed by atoms with Gasteiger partial charge >= 0.3 is 0 Å². The van der Waals surface area contributed by atoms with E-state index in [1.54, 1.807) is 24.4 Å². The number of hydrogen-bond donors (Lipinski definition) is 0. The van der Waals surface area contributed by atoms with E-state index in [1.165, 1.54) is 12.4 Å². The lowest BCUT2D eigenvalue weighted by Gasteiger charge is -2.06. The van der Waals surface area contributed by atoms with Crippen LogP contribution in [-0.4, -0.2) is 16.3 Å². The van der Waals surface area contributed by atoms with Crippen molar-refractivity contribution < 1.29 is 9.53 Å². The zero-order chi connectivity index (χ0) is 11.4. The van der Waals surface area contributed by atoms with Gasteiger partial charge < -0.3 is 4.74 Å². The maximum absolute atomic E-state index is 10.8. The van der Waals surface area contributed by atoms with Crippen molar-refractivity contribution in [2.24, 2.45) is 0 Å². The summed E-state index contributed by atoms with van der Waals surface area (Å²) in [5.41, 5.74) is 0.266. The number of hydrogen-bond acceptors (Lipinski definition) is 4. The minimum Gasteiger partial charge on any atom is -0.437 e. The molecule has 0 aliphatic carbocycles. The smallest absolute Gasteiger partial charge is 0.219 e. The van der Waals surface area contributed by atoms with Gasteiger partial charge in [-0.3, -0.25) is 9.78 Å². The molecule has 2 heterocycles. The summed E-state index contributed by atoms with van der Waals surface area (Å²) in [6.45, 7) is 0. The molecule has 0 aliphatic heterocycles. The molecule has 2 aromatic rings. The predicted molar refractivity (Wildman–Crippen MR) is 58.9 cm³/mol. The summed E-state index contributed by atoms with van der Waals surface area (Å²) in [5, 5.41) is 0.253. The first-order valence-electron chi connectivity index (χ1n) is 4.49. The Kier molecular flexibility index (Phi) is 3.12. The van der Waals surface area contributed by atoms with Gasteiger partial charge in [0.05, 0.1) is 16.8 Å². The van der Waals surface area contributed by atoms with E-state index in [-0.39, 0.29) is 10.6 Å². The molecule has 0 radical (unpaired) electrons. The van der Waals surface area contributed by atoms with E-state index in [4.69, 9.17) is 16.3 Å². The van der Waals surface area contributed by atoms with Crippen LogP contribution in [0.5, 0.6) is 11.6 Å². The molecule has 0 unspecified atom stereocenters. The van der Waals surface area contributed by atoms with Gasteiger partial charge in [-0.25, -0.2) is 4.98 Å². The second kappa shape index (κ2) is 4.72. The molecule has 2 aromatic heterocycles. The Morgan fingerprint density at radius 1 is 1.31 bits per heavy atom. The number of carbonyl (C=O) groups is 1. The number of nitrogens with zero attached hydrogens (tertiary/aromatic N) is 2. The summed E-state index contributed by atoms with van der Waals surface area (Å²) >= 11 is 5.80. The SMILES string of the molecule is O=Cc1c(Cl)cncc1Oc1ccccn1. The van der Waals surface area contributed by atoms with Crippen molar-refractivity contribution >= 4 is 17.9 Å². The summed E-state index contributed by atoms with van der Waals surface area (Å²) in [5.74, 6) is 0.677. The highest BCUT2D eigenvalue weighted by Crippen LogP contribution is 2.26. The quantitative estimate of drug-likeness (QED) is 0.767. The fourth-order valence-corrected chi connectivity index (χ4v) is 1.34. The Morgan fingerprint density at radius 3 is 2.88 bits per heavy atom. The molecule has 0 N–H and O–H groups in total. The molecule has 0 saturated heterocycles. The van der Waals surface area contributed by atoms with E-state index < -0.39 is 0 Å². The van der Waals surface area contributed by atoms with Crippen molar-refractivity contribution in [1.82, 2.24) is 9.97 Å². The Bertz CT molecular complexity index is 503. The van der Waals surface area contributed by atoms with E-state index in [9.17, 15) is 4.79 Å². The minimum absolute atomic E-state index is 0.253. The zero-order valence-corrected chi connectivity index (χ0v) is 8.89. The molecular formula is C11H7ClN2O2. The fourth-order valence-electron chi connectivity index (χ4n) is 1.14. The van der Waals surface area contributed by atoms with Gasteiger partial charge in [-0.15, -0.1) is 0 Å². The first kappa shape index (κ1) is 10.6. The third-order valence-electron chi connectivity index (χ3n) is 1.87. The van der Waals surface area contributed by atoms with Gasteiger partial charge in [0.15, 0.2) is 12.0 Å². The molecule has 5 heteroatoms. The van der Waals surface area contributed by atoms with Gasteiger partial charge in [-0.2, -0.15) is 0 Å². The molecule has 0 atom stereocenters. The molecule has 0 aliphatic rings. The Morgan fingerprint density at radius 2 is 2.19 bits per heavy atom. The van der Waals surface area contributed by atoms with Crippen LogP contribution in [0.25, 0.3) is 0 Å². The Labute approximate surface area is 96.9 Å². The van der Waals surface area contributed by atoms with Crippen LogP contribution in [0.3, 0.4) is 0 Å². The largest absolute Gasteiger partial charge is 0.437 e. The number of aromatic nitrogens is 2. The van der Waals surface area contributed by atoms with Gasteiger partial charge in [0, 0.05) is 18.5 Å². The molecular weight excluding hydrogens is 228 g/mol. The molecule has 0 aromatic carbocycles. The number of halogens is 1. The van der Waals surface area contributed by atoms with Crippen LogP contribution >= 0.6 is 11.6 Å². The lowest BCUT2D eigenvalue weighted by molar-refractivity contribution is 0.112. The maximum atomic E-state index is 10.8. The van der Waals surface area contributed by atoms with E-state index >= 15 is 0 Å². The molecule has 0 bridgehead atoms. The highest BCUT2D eigenvalue weighted by molar-refractivity contribution is 6.33. The number of pyridine rings is 2. The van der Waals surface area contributed by atoms with Crippen molar-refractivity contribution in [3.63, 3.8) is 0 Å². The highest BCUT2D eigenvalue weighted by atomic mass is 35.5. The van der Waals surface area contributed by atoms with Crippen LogP contribution in [-0.2, 0) is 0 Å². The molecule has 0 fully saturated rings. The van der Waals surface area contributed by atoms with Crippen LogP contribution in [0.15, 0.2) is 36.8 Å². The van der Waals surface area contributed by atoms with Gasteiger partial charge in [-0.1, -0.05) is 17.7 Å².